The number of thioether (sulfide) groups is 1. The molecule has 1 aliphatic heterocycles. The standard InChI is InChI=1S/C26H25N3O4S/c1-17(2)29(21-11-9-20(10-12-21)27-19-6-4-3-5-7-19)25(31)15-33-26(32)18-8-13-23-22(14-18)28-24(30)16-34-23/h3-14,17,27H,15-16H2,1-2H3,(H,28,30). The Morgan fingerprint density at radius 3 is 2.44 bits per heavy atom. The van der Waals surface area contributed by atoms with Gasteiger partial charge in [-0.05, 0) is 68.4 Å². The van der Waals surface area contributed by atoms with E-state index in [1.54, 1.807) is 23.1 Å². The van der Waals surface area contributed by atoms with E-state index in [9.17, 15) is 14.4 Å². The summed E-state index contributed by atoms with van der Waals surface area (Å²) >= 11 is 1.41. The van der Waals surface area contributed by atoms with Crippen LogP contribution in [0.25, 0.3) is 0 Å². The molecule has 0 saturated heterocycles. The molecule has 8 heteroatoms. The third kappa shape index (κ3) is 5.58. The molecule has 34 heavy (non-hydrogen) atoms. The number of rotatable bonds is 7. The predicted octanol–water partition coefficient (Wildman–Crippen LogP) is 5.07. The van der Waals surface area contributed by atoms with E-state index in [1.807, 2.05) is 68.4 Å². The number of nitrogens with zero attached hydrogens (tertiary/aromatic N) is 1. The van der Waals surface area contributed by atoms with Crippen LogP contribution in [0.5, 0.6) is 0 Å². The Morgan fingerprint density at radius 2 is 1.74 bits per heavy atom. The van der Waals surface area contributed by atoms with Crippen LogP contribution in [0.2, 0.25) is 0 Å². The molecule has 0 saturated carbocycles. The van der Waals surface area contributed by atoms with Crippen molar-refractivity contribution in [2.45, 2.75) is 24.8 Å². The highest BCUT2D eigenvalue weighted by Crippen LogP contribution is 2.32. The average Bonchev–Trinajstić information content (AvgIpc) is 2.83. The van der Waals surface area contributed by atoms with Crippen LogP contribution in [-0.4, -0.2) is 36.2 Å². The molecule has 7 nitrogen and oxygen atoms in total. The minimum Gasteiger partial charge on any atom is -0.452 e. The summed E-state index contributed by atoms with van der Waals surface area (Å²) in [4.78, 5) is 39.6. The minimum atomic E-state index is -0.618. The molecule has 0 atom stereocenters. The molecule has 0 aliphatic carbocycles. The Labute approximate surface area is 202 Å². The second kappa shape index (κ2) is 10.4. The van der Waals surface area contributed by atoms with E-state index < -0.39 is 5.97 Å². The summed E-state index contributed by atoms with van der Waals surface area (Å²) in [7, 11) is 0. The molecule has 1 heterocycles. The molecule has 4 rings (SSSR count). The number of nitrogens with one attached hydrogen (secondary N) is 2. The van der Waals surface area contributed by atoms with Crippen LogP contribution >= 0.6 is 11.8 Å². The number of ether oxygens (including phenoxy) is 1. The van der Waals surface area contributed by atoms with E-state index in [2.05, 4.69) is 10.6 Å². The zero-order valence-corrected chi connectivity index (χ0v) is 19.7. The minimum absolute atomic E-state index is 0.115. The van der Waals surface area contributed by atoms with Crippen LogP contribution in [0, 0.1) is 0 Å². The highest BCUT2D eigenvalue weighted by atomic mass is 32.2. The summed E-state index contributed by atoms with van der Waals surface area (Å²) in [6, 6.07) is 22.2. The number of hydrogen-bond donors (Lipinski definition) is 2. The molecule has 0 radical (unpaired) electrons. The van der Waals surface area contributed by atoms with Gasteiger partial charge in [-0.1, -0.05) is 18.2 Å². The maximum atomic E-state index is 12.9. The third-order valence-corrected chi connectivity index (χ3v) is 6.24. The Hall–Kier alpha value is -3.78. The predicted molar refractivity (Wildman–Crippen MR) is 135 cm³/mol. The van der Waals surface area contributed by atoms with Crippen molar-refractivity contribution >= 4 is 52.3 Å². The number of carbonyl (C=O) groups excluding carboxylic acids is 3. The van der Waals surface area contributed by atoms with Gasteiger partial charge in [-0.15, -0.1) is 11.8 Å². The Morgan fingerprint density at radius 1 is 1.03 bits per heavy atom. The summed E-state index contributed by atoms with van der Waals surface area (Å²) in [5, 5.41) is 6.06. The van der Waals surface area contributed by atoms with Crippen LogP contribution in [0.15, 0.2) is 77.7 Å². The van der Waals surface area contributed by atoms with Gasteiger partial charge in [0, 0.05) is 28.0 Å². The van der Waals surface area contributed by atoms with Gasteiger partial charge >= 0.3 is 5.97 Å². The average molecular weight is 476 g/mol. The van der Waals surface area contributed by atoms with E-state index in [1.165, 1.54) is 11.8 Å². The summed E-state index contributed by atoms with van der Waals surface area (Å²) in [5.41, 5.74) is 3.44. The van der Waals surface area contributed by atoms with Gasteiger partial charge in [-0.25, -0.2) is 4.79 Å². The van der Waals surface area contributed by atoms with Crippen molar-refractivity contribution < 1.29 is 19.1 Å². The molecule has 0 unspecified atom stereocenters. The van der Waals surface area contributed by atoms with Gasteiger partial charge in [-0.3, -0.25) is 9.59 Å². The van der Waals surface area contributed by atoms with Gasteiger partial charge in [0.1, 0.15) is 0 Å². The van der Waals surface area contributed by atoms with E-state index >= 15 is 0 Å². The van der Waals surface area contributed by atoms with Gasteiger partial charge < -0.3 is 20.3 Å². The maximum Gasteiger partial charge on any atom is 0.338 e. The van der Waals surface area contributed by atoms with Crippen molar-refractivity contribution in [2.24, 2.45) is 0 Å². The lowest BCUT2D eigenvalue weighted by molar-refractivity contribution is -0.122. The van der Waals surface area contributed by atoms with Crippen LogP contribution < -0.4 is 15.5 Å². The van der Waals surface area contributed by atoms with Gasteiger partial charge in [-0.2, -0.15) is 0 Å². The molecule has 0 aromatic heterocycles. The summed E-state index contributed by atoms with van der Waals surface area (Å²) in [5.74, 6) is -0.712. The van der Waals surface area contributed by atoms with Crippen LogP contribution in [0.4, 0.5) is 22.7 Å². The van der Waals surface area contributed by atoms with E-state index in [-0.39, 0.29) is 30.0 Å². The maximum absolute atomic E-state index is 12.9. The van der Waals surface area contributed by atoms with Crippen molar-refractivity contribution in [3.63, 3.8) is 0 Å². The highest BCUT2D eigenvalue weighted by molar-refractivity contribution is 8.00. The number of anilines is 4. The lowest BCUT2D eigenvalue weighted by atomic mass is 10.2. The SMILES string of the molecule is CC(C)N(C(=O)COC(=O)c1ccc2c(c1)NC(=O)CS2)c1ccc(Nc2ccccc2)cc1. The monoisotopic (exact) mass is 475 g/mol. The summed E-state index contributed by atoms with van der Waals surface area (Å²) in [6.07, 6.45) is 0. The first-order valence-corrected chi connectivity index (χ1v) is 11.9. The second-order valence-corrected chi connectivity index (χ2v) is 9.04. The normalized spacial score (nSPS) is 12.5. The van der Waals surface area contributed by atoms with E-state index in [0.29, 0.717) is 17.1 Å². The Bertz CT molecular complexity index is 1200. The fraction of sp³-hybridized carbons (Fsp3) is 0.192. The molecule has 3 aromatic carbocycles. The lowest BCUT2D eigenvalue weighted by Gasteiger charge is -2.27. The zero-order chi connectivity index (χ0) is 24.1. The molecule has 3 aromatic rings. The van der Waals surface area contributed by atoms with Crippen molar-refractivity contribution in [1.29, 1.82) is 0 Å². The number of carbonyl (C=O) groups is 3. The molecule has 2 amide bonds. The lowest BCUT2D eigenvalue weighted by Crippen LogP contribution is -2.39. The molecular weight excluding hydrogens is 450 g/mol. The summed E-state index contributed by atoms with van der Waals surface area (Å²) in [6.45, 7) is 3.42. The molecule has 0 fully saturated rings. The first kappa shape index (κ1) is 23.4. The first-order chi connectivity index (χ1) is 16.4. The molecule has 174 valence electrons. The second-order valence-electron chi connectivity index (χ2n) is 8.02. The fourth-order valence-electron chi connectivity index (χ4n) is 3.61. The van der Waals surface area contributed by atoms with Gasteiger partial charge in [0.2, 0.25) is 5.91 Å². The van der Waals surface area contributed by atoms with E-state index in [4.69, 9.17) is 4.74 Å². The highest BCUT2D eigenvalue weighted by Gasteiger charge is 2.22. The largest absolute Gasteiger partial charge is 0.452 e. The number of para-hydroxylation sites is 1. The molecule has 2 N–H and O–H groups in total. The Balaban J connectivity index is 1.40. The van der Waals surface area contributed by atoms with E-state index in [0.717, 1.165) is 16.3 Å². The third-order valence-electron chi connectivity index (χ3n) is 5.17. The van der Waals surface area contributed by atoms with Crippen molar-refractivity contribution in [3.8, 4) is 0 Å². The number of benzene rings is 3. The van der Waals surface area contributed by atoms with Crippen LogP contribution in [0.1, 0.15) is 24.2 Å². The summed E-state index contributed by atoms with van der Waals surface area (Å²) < 4.78 is 5.30. The van der Waals surface area contributed by atoms with Gasteiger partial charge in [0.25, 0.3) is 5.91 Å². The topological polar surface area (TPSA) is 87.7 Å². The molecule has 0 bridgehead atoms. The first-order valence-electron chi connectivity index (χ1n) is 10.9. The smallest absolute Gasteiger partial charge is 0.338 e. The fourth-order valence-corrected chi connectivity index (χ4v) is 4.40. The zero-order valence-electron chi connectivity index (χ0n) is 18.9. The van der Waals surface area contributed by atoms with Crippen LogP contribution in [0.3, 0.4) is 0 Å². The quantitative estimate of drug-likeness (QED) is 0.464. The number of amides is 2. The number of fused-ring (bicyclic) bond motifs is 1. The van der Waals surface area contributed by atoms with Gasteiger partial charge in [0.05, 0.1) is 17.0 Å². The van der Waals surface area contributed by atoms with Crippen molar-refractivity contribution in [1.82, 2.24) is 0 Å². The van der Waals surface area contributed by atoms with Crippen LogP contribution in [-0.2, 0) is 14.3 Å². The molecular formula is C26H25N3O4S. The Kier molecular flexibility index (Phi) is 7.18. The number of esters is 1. The van der Waals surface area contributed by atoms with Crippen molar-refractivity contribution in [3.05, 3.63) is 78.4 Å². The molecule has 0 spiro atoms. The molecule has 1 aliphatic rings. The van der Waals surface area contributed by atoms with Crippen molar-refractivity contribution in [2.75, 3.05) is 27.9 Å². The van der Waals surface area contributed by atoms with Gasteiger partial charge in [0.15, 0.2) is 6.61 Å². The number of hydrogen-bond acceptors (Lipinski definition) is 6.